The molecule has 0 saturated carbocycles. The van der Waals surface area contributed by atoms with Crippen molar-refractivity contribution in [2.45, 2.75) is 40.7 Å². The van der Waals surface area contributed by atoms with Crippen LogP contribution in [-0.2, 0) is 11.3 Å². The Kier molecular flexibility index (Phi) is 7.65. The number of carbonyl (C=O) groups excluding carboxylic acids is 2. The summed E-state index contributed by atoms with van der Waals surface area (Å²) in [5.74, 6) is -0.260. The quantitative estimate of drug-likeness (QED) is 0.640. The van der Waals surface area contributed by atoms with Crippen molar-refractivity contribution in [2.24, 2.45) is 5.41 Å². The maximum absolute atomic E-state index is 12.1. The Labute approximate surface area is 144 Å². The van der Waals surface area contributed by atoms with E-state index < -0.39 is 0 Å². The van der Waals surface area contributed by atoms with Crippen LogP contribution in [0.1, 0.15) is 50.0 Å². The van der Waals surface area contributed by atoms with Crippen molar-refractivity contribution >= 4 is 11.8 Å². The van der Waals surface area contributed by atoms with Gasteiger partial charge in [-0.1, -0.05) is 31.6 Å². The molecule has 5 nitrogen and oxygen atoms in total. The van der Waals surface area contributed by atoms with Gasteiger partial charge in [-0.05, 0) is 43.4 Å². The van der Waals surface area contributed by atoms with E-state index in [-0.39, 0.29) is 23.8 Å². The summed E-state index contributed by atoms with van der Waals surface area (Å²) in [4.78, 5) is 23.7. The van der Waals surface area contributed by atoms with Gasteiger partial charge in [-0.3, -0.25) is 9.59 Å². The Morgan fingerprint density at radius 3 is 2.29 bits per heavy atom. The molecule has 0 aliphatic rings. The first-order valence-electron chi connectivity index (χ1n) is 8.14. The molecule has 1 aromatic rings. The normalized spacial score (nSPS) is 10.9. The van der Waals surface area contributed by atoms with Crippen LogP contribution in [0, 0.1) is 5.41 Å². The molecule has 0 bridgehead atoms. The predicted octanol–water partition coefficient (Wildman–Crippen LogP) is 2.41. The van der Waals surface area contributed by atoms with Gasteiger partial charge in [-0.25, -0.2) is 0 Å². The van der Waals surface area contributed by atoms with Gasteiger partial charge in [0.15, 0.2) is 0 Å². The second-order valence-electron chi connectivity index (χ2n) is 6.96. The van der Waals surface area contributed by atoms with Crippen molar-refractivity contribution in [2.75, 3.05) is 13.2 Å². The van der Waals surface area contributed by atoms with Gasteiger partial charge in [-0.15, -0.1) is 0 Å². The van der Waals surface area contributed by atoms with Crippen LogP contribution in [0.4, 0.5) is 0 Å². The summed E-state index contributed by atoms with van der Waals surface area (Å²) < 4.78 is 0. The molecule has 0 aliphatic heterocycles. The van der Waals surface area contributed by atoms with E-state index in [2.05, 4.69) is 10.6 Å². The summed E-state index contributed by atoms with van der Waals surface area (Å²) in [5, 5.41) is 14.7. The fraction of sp³-hybridized carbons (Fsp3) is 0.474. The second-order valence-corrected chi connectivity index (χ2v) is 6.96. The Morgan fingerprint density at radius 2 is 1.75 bits per heavy atom. The first-order chi connectivity index (χ1) is 11.2. The predicted molar refractivity (Wildman–Crippen MR) is 95.5 cm³/mol. The highest BCUT2D eigenvalue weighted by molar-refractivity contribution is 5.94. The van der Waals surface area contributed by atoms with Crippen molar-refractivity contribution < 1.29 is 14.7 Å². The van der Waals surface area contributed by atoms with E-state index in [9.17, 15) is 9.59 Å². The van der Waals surface area contributed by atoms with Crippen LogP contribution in [0.2, 0.25) is 0 Å². The number of aliphatic hydroxyl groups is 1. The largest absolute Gasteiger partial charge is 0.396 e. The van der Waals surface area contributed by atoms with Gasteiger partial charge >= 0.3 is 0 Å². The minimum atomic E-state index is -0.139. The molecule has 0 fully saturated rings. The fourth-order valence-electron chi connectivity index (χ4n) is 2.09. The Hall–Kier alpha value is -2.14. The molecule has 0 unspecified atom stereocenters. The van der Waals surface area contributed by atoms with Crippen LogP contribution in [0.15, 0.2) is 35.9 Å². The molecule has 3 N–H and O–H groups in total. The van der Waals surface area contributed by atoms with E-state index in [0.717, 1.165) is 11.1 Å². The number of carbonyl (C=O) groups is 2. The number of hydrogen-bond acceptors (Lipinski definition) is 3. The number of aliphatic hydroxyl groups excluding tert-OH is 1. The van der Waals surface area contributed by atoms with E-state index in [1.54, 1.807) is 18.2 Å². The van der Waals surface area contributed by atoms with Crippen LogP contribution < -0.4 is 10.6 Å². The zero-order chi connectivity index (χ0) is 18.2. The van der Waals surface area contributed by atoms with Gasteiger partial charge in [0, 0.05) is 31.3 Å². The van der Waals surface area contributed by atoms with Crippen molar-refractivity contribution in [3.05, 3.63) is 47.0 Å². The van der Waals surface area contributed by atoms with Gasteiger partial charge in [0.2, 0.25) is 5.91 Å². The van der Waals surface area contributed by atoms with Crippen molar-refractivity contribution in [3.8, 4) is 0 Å². The summed E-state index contributed by atoms with van der Waals surface area (Å²) in [6.07, 6.45) is 2.19. The maximum Gasteiger partial charge on any atom is 0.251 e. The third-order valence-electron chi connectivity index (χ3n) is 3.62. The monoisotopic (exact) mass is 332 g/mol. The SMILES string of the molecule is CC(C)=CC(=O)NCc1ccc(C(=O)NCC(C)(C)CCO)cc1. The number of amides is 2. The average Bonchev–Trinajstić information content (AvgIpc) is 2.50. The van der Waals surface area contributed by atoms with E-state index in [4.69, 9.17) is 5.11 Å². The zero-order valence-corrected chi connectivity index (χ0v) is 15.0. The van der Waals surface area contributed by atoms with Crippen LogP contribution in [0.25, 0.3) is 0 Å². The lowest BCUT2D eigenvalue weighted by Gasteiger charge is -2.23. The van der Waals surface area contributed by atoms with Gasteiger partial charge in [0.25, 0.3) is 5.91 Å². The minimum absolute atomic E-state index is 0.107. The van der Waals surface area contributed by atoms with Gasteiger partial charge in [-0.2, -0.15) is 0 Å². The summed E-state index contributed by atoms with van der Waals surface area (Å²) in [6.45, 7) is 8.78. The average molecular weight is 332 g/mol. The lowest BCUT2D eigenvalue weighted by molar-refractivity contribution is -0.116. The van der Waals surface area contributed by atoms with E-state index in [1.807, 2.05) is 39.8 Å². The first kappa shape index (κ1) is 19.9. The summed E-state index contributed by atoms with van der Waals surface area (Å²) in [5.41, 5.74) is 2.32. The fourth-order valence-corrected chi connectivity index (χ4v) is 2.09. The van der Waals surface area contributed by atoms with Crippen molar-refractivity contribution in [3.63, 3.8) is 0 Å². The molecule has 0 atom stereocenters. The smallest absolute Gasteiger partial charge is 0.251 e. The number of allylic oxidation sites excluding steroid dienone is 1. The molecule has 0 radical (unpaired) electrons. The molecule has 132 valence electrons. The van der Waals surface area contributed by atoms with Gasteiger partial charge in [0.05, 0.1) is 0 Å². The minimum Gasteiger partial charge on any atom is -0.396 e. The summed E-state index contributed by atoms with van der Waals surface area (Å²) >= 11 is 0. The molecular weight excluding hydrogens is 304 g/mol. The maximum atomic E-state index is 12.1. The van der Waals surface area contributed by atoms with Crippen LogP contribution in [-0.4, -0.2) is 30.1 Å². The van der Waals surface area contributed by atoms with Crippen LogP contribution >= 0.6 is 0 Å². The van der Waals surface area contributed by atoms with Gasteiger partial charge in [0.1, 0.15) is 0 Å². The van der Waals surface area contributed by atoms with Crippen LogP contribution in [0.5, 0.6) is 0 Å². The lowest BCUT2D eigenvalue weighted by Crippen LogP contribution is -2.34. The van der Waals surface area contributed by atoms with Gasteiger partial charge < -0.3 is 15.7 Å². The number of hydrogen-bond donors (Lipinski definition) is 3. The molecule has 1 aromatic carbocycles. The third kappa shape index (κ3) is 7.42. The summed E-state index contributed by atoms with van der Waals surface area (Å²) in [6, 6.07) is 7.15. The Bertz CT molecular complexity index is 585. The molecular formula is C19H28N2O3. The highest BCUT2D eigenvalue weighted by atomic mass is 16.3. The Balaban J connectivity index is 2.53. The standard InChI is InChI=1S/C19H28N2O3/c1-14(2)11-17(23)20-12-15-5-7-16(8-6-15)18(24)21-13-19(3,4)9-10-22/h5-8,11,22H,9-10,12-13H2,1-4H3,(H,20,23)(H,21,24). The number of benzene rings is 1. The lowest BCUT2D eigenvalue weighted by atomic mass is 9.89. The molecule has 24 heavy (non-hydrogen) atoms. The topological polar surface area (TPSA) is 78.4 Å². The highest BCUT2D eigenvalue weighted by Crippen LogP contribution is 2.18. The molecule has 0 saturated heterocycles. The Morgan fingerprint density at radius 1 is 1.12 bits per heavy atom. The third-order valence-corrected chi connectivity index (χ3v) is 3.62. The first-order valence-corrected chi connectivity index (χ1v) is 8.14. The number of rotatable bonds is 8. The molecule has 0 aromatic heterocycles. The van der Waals surface area contributed by atoms with Crippen molar-refractivity contribution in [1.82, 2.24) is 10.6 Å². The van der Waals surface area contributed by atoms with E-state index in [1.165, 1.54) is 0 Å². The molecule has 0 aliphatic carbocycles. The molecule has 1 rings (SSSR count). The molecule has 0 heterocycles. The van der Waals surface area contributed by atoms with E-state index >= 15 is 0 Å². The number of nitrogens with one attached hydrogen (secondary N) is 2. The van der Waals surface area contributed by atoms with Crippen LogP contribution in [0.3, 0.4) is 0 Å². The highest BCUT2D eigenvalue weighted by Gasteiger charge is 2.18. The molecule has 0 spiro atoms. The zero-order valence-electron chi connectivity index (χ0n) is 15.0. The summed E-state index contributed by atoms with van der Waals surface area (Å²) in [7, 11) is 0. The van der Waals surface area contributed by atoms with E-state index in [0.29, 0.717) is 25.1 Å². The van der Waals surface area contributed by atoms with Crippen molar-refractivity contribution in [1.29, 1.82) is 0 Å². The molecule has 2 amide bonds. The second kappa shape index (κ2) is 9.23. The molecule has 5 heteroatoms.